The van der Waals surface area contributed by atoms with Crippen molar-refractivity contribution in [1.29, 1.82) is 0 Å². The summed E-state index contributed by atoms with van der Waals surface area (Å²) in [6.45, 7) is 17.6. The van der Waals surface area contributed by atoms with Crippen molar-refractivity contribution in [3.8, 4) is 0 Å². The molecule has 1 saturated carbocycles. The Labute approximate surface area is 212 Å². The largest absolute Gasteiger partial charge is 0.435 e. The van der Waals surface area contributed by atoms with Crippen molar-refractivity contribution in [2.45, 2.75) is 102 Å². The Bertz CT molecular complexity index is 870. The van der Waals surface area contributed by atoms with Crippen LogP contribution in [0.3, 0.4) is 0 Å². The number of amides is 2. The lowest BCUT2D eigenvalue weighted by Gasteiger charge is -2.42. The molecule has 9 heteroatoms. The van der Waals surface area contributed by atoms with Gasteiger partial charge in [0.1, 0.15) is 6.10 Å². The van der Waals surface area contributed by atoms with Gasteiger partial charge in [0, 0.05) is 12.5 Å². The smallest absolute Gasteiger partial charge is 0.333 e. The third-order valence-corrected chi connectivity index (χ3v) is 15.8. The Morgan fingerprint density at radius 2 is 1.40 bits per heavy atom. The average Bonchev–Trinajstić information content (AvgIpc) is 3.20. The minimum atomic E-state index is -2.69. The molecular weight excluding hydrogens is 478 g/mol. The molecule has 3 rings (SSSR count). The number of benzene rings is 1. The molecule has 1 aliphatic heterocycles. The molecule has 0 spiro atoms. The Morgan fingerprint density at radius 1 is 0.914 bits per heavy atom. The lowest BCUT2D eigenvalue weighted by atomic mass is 10.1. The second-order valence-electron chi connectivity index (χ2n) is 11.2. The van der Waals surface area contributed by atoms with Crippen LogP contribution in [0.4, 0.5) is 0 Å². The highest BCUT2D eigenvalue weighted by Crippen LogP contribution is 2.41. The fourth-order valence-electron chi connectivity index (χ4n) is 5.62. The molecule has 7 nitrogen and oxygen atoms in total. The van der Waals surface area contributed by atoms with Crippen LogP contribution in [0.25, 0.3) is 0 Å². The van der Waals surface area contributed by atoms with Gasteiger partial charge in [-0.25, -0.2) is 0 Å². The highest BCUT2D eigenvalue weighted by Gasteiger charge is 2.53. The number of carbonyl (C=O) groups is 2. The molecule has 0 unspecified atom stereocenters. The average molecular weight is 521 g/mol. The molecule has 35 heavy (non-hydrogen) atoms. The molecule has 0 aromatic heterocycles. The van der Waals surface area contributed by atoms with Crippen molar-refractivity contribution >= 4 is 29.4 Å². The van der Waals surface area contributed by atoms with Crippen LogP contribution in [0.15, 0.2) is 24.3 Å². The minimum absolute atomic E-state index is 0.204. The fourth-order valence-corrected chi connectivity index (χ4v) is 14.9. The molecule has 1 aromatic rings. The van der Waals surface area contributed by atoms with E-state index in [1.54, 1.807) is 24.3 Å². The van der Waals surface area contributed by atoms with E-state index < -0.39 is 53.6 Å². The Balaban J connectivity index is 1.79. The van der Waals surface area contributed by atoms with Crippen LogP contribution in [-0.4, -0.2) is 69.4 Å². The number of fused-ring (bicyclic) bond motifs is 1. The molecule has 2 aliphatic rings. The van der Waals surface area contributed by atoms with Crippen molar-refractivity contribution in [1.82, 2.24) is 4.90 Å². The number of imide groups is 1. The zero-order valence-electron chi connectivity index (χ0n) is 22.3. The molecule has 1 radical (unpaired) electrons. The molecule has 4 atom stereocenters. The predicted molar refractivity (Wildman–Crippen MR) is 140 cm³/mol. The van der Waals surface area contributed by atoms with E-state index >= 15 is 0 Å². The number of aliphatic hydroxyl groups is 2. The molecule has 2 N–H and O–H groups in total. The number of hydrogen-bond acceptors (Lipinski definition) is 6. The van der Waals surface area contributed by atoms with Gasteiger partial charge in [-0.3, -0.25) is 14.5 Å². The van der Waals surface area contributed by atoms with Gasteiger partial charge in [-0.15, -0.1) is 0 Å². The van der Waals surface area contributed by atoms with Crippen LogP contribution >= 0.6 is 0 Å². The van der Waals surface area contributed by atoms with Gasteiger partial charge in [0.05, 0.1) is 23.3 Å². The third kappa shape index (κ3) is 5.21. The molecule has 195 valence electrons. The maximum atomic E-state index is 13.0. The number of nitrogens with zero attached hydrogens (tertiary/aromatic N) is 1. The van der Waals surface area contributed by atoms with Gasteiger partial charge in [0.15, 0.2) is 0 Å². The van der Waals surface area contributed by atoms with Gasteiger partial charge in [-0.05, 0) is 40.7 Å². The van der Waals surface area contributed by atoms with Crippen molar-refractivity contribution in [2.75, 3.05) is 6.61 Å². The van der Waals surface area contributed by atoms with Gasteiger partial charge < -0.3 is 18.8 Å². The summed E-state index contributed by atoms with van der Waals surface area (Å²) in [5.74, 6) is -1.23. The zero-order chi connectivity index (χ0) is 26.2. The van der Waals surface area contributed by atoms with Crippen LogP contribution in [0.1, 0.15) is 82.5 Å². The van der Waals surface area contributed by atoms with E-state index in [2.05, 4.69) is 55.4 Å². The van der Waals surface area contributed by atoms with Gasteiger partial charge in [0.2, 0.25) is 9.04 Å². The molecule has 0 saturated heterocycles. The van der Waals surface area contributed by atoms with Crippen LogP contribution in [-0.2, 0) is 8.54 Å². The van der Waals surface area contributed by atoms with E-state index in [0.717, 1.165) is 4.90 Å². The Hall–Kier alpha value is -1.37. The minimum Gasteiger partial charge on any atom is -0.435 e. The number of aliphatic hydroxyl groups excluding tert-OH is 2. The van der Waals surface area contributed by atoms with Crippen LogP contribution in [0.2, 0.25) is 22.2 Å². The maximum Gasteiger partial charge on any atom is 0.333 e. The molecule has 0 bridgehead atoms. The van der Waals surface area contributed by atoms with Crippen molar-refractivity contribution in [3.63, 3.8) is 0 Å². The summed E-state index contributed by atoms with van der Waals surface area (Å²) in [4.78, 5) is 27.1. The van der Waals surface area contributed by atoms with Gasteiger partial charge >= 0.3 is 8.56 Å². The molecule has 1 aliphatic carbocycles. The van der Waals surface area contributed by atoms with E-state index in [1.165, 1.54) is 0 Å². The number of rotatable bonds is 10. The molecule has 2 amide bonds. The van der Waals surface area contributed by atoms with Crippen molar-refractivity contribution in [3.05, 3.63) is 35.4 Å². The second-order valence-corrected chi connectivity index (χ2v) is 19.2. The topological polar surface area (TPSA) is 96.3 Å². The van der Waals surface area contributed by atoms with Gasteiger partial charge in [0.25, 0.3) is 11.8 Å². The van der Waals surface area contributed by atoms with Crippen molar-refractivity contribution in [2.24, 2.45) is 5.92 Å². The molecule has 1 aromatic carbocycles. The summed E-state index contributed by atoms with van der Waals surface area (Å²) in [5.41, 5.74) is 1.96. The standard InChI is InChI=1S/C26H42NO6Si2/c1-15(2)34(16(3)4)33-35(17(5)6,18(7)8)32-14-19-13-22(24(29)23(19)28)27-25(30)20-11-9-10-12-21(20)26(27)31/h9-12,15-19,22-24,28-29H,13-14H2,1-8H3/t19-,22-,23-,24+/m1/s1. The highest BCUT2D eigenvalue weighted by atomic mass is 28.4. The molecule has 1 fully saturated rings. The summed E-state index contributed by atoms with van der Waals surface area (Å²) < 4.78 is 13.7. The lowest BCUT2D eigenvalue weighted by molar-refractivity contribution is -0.0126. The summed E-state index contributed by atoms with van der Waals surface area (Å²) in [6, 6.07) is 5.90. The van der Waals surface area contributed by atoms with Gasteiger partial charge in [-0.1, -0.05) is 67.5 Å². The van der Waals surface area contributed by atoms with Crippen LogP contribution in [0.5, 0.6) is 0 Å². The van der Waals surface area contributed by atoms with Gasteiger partial charge in [-0.2, -0.15) is 0 Å². The zero-order valence-corrected chi connectivity index (χ0v) is 24.3. The normalized spacial score (nSPS) is 25.3. The van der Waals surface area contributed by atoms with E-state index in [9.17, 15) is 19.8 Å². The third-order valence-electron chi connectivity index (χ3n) is 7.48. The van der Waals surface area contributed by atoms with E-state index in [4.69, 9.17) is 8.54 Å². The fraction of sp³-hybridized carbons (Fsp3) is 0.692. The SMILES string of the molecule is CC(C)[Si](O[Si](OC[C@H]1C[C@@H](N2C(=O)c3ccccc3C2=O)[C@H](O)[C@@H]1O)(C(C)C)C(C)C)C(C)C. The first-order chi connectivity index (χ1) is 16.3. The maximum absolute atomic E-state index is 13.0. The Morgan fingerprint density at radius 3 is 1.83 bits per heavy atom. The number of carbonyl (C=O) groups excluding carboxylic acids is 2. The summed E-state index contributed by atoms with van der Waals surface area (Å²) >= 11 is 0. The van der Waals surface area contributed by atoms with Crippen LogP contribution < -0.4 is 0 Å². The molecular formula is C26H42NO6Si2. The molecule has 1 heterocycles. The van der Waals surface area contributed by atoms with E-state index in [0.29, 0.717) is 28.6 Å². The first-order valence-electron chi connectivity index (χ1n) is 12.9. The highest BCUT2D eigenvalue weighted by molar-refractivity contribution is 6.78. The second kappa shape index (κ2) is 10.9. The number of hydrogen-bond donors (Lipinski definition) is 2. The first kappa shape index (κ1) is 28.2. The summed E-state index contributed by atoms with van der Waals surface area (Å²) in [5, 5.41) is 21.8. The van der Waals surface area contributed by atoms with Crippen molar-refractivity contribution < 1.29 is 28.3 Å². The monoisotopic (exact) mass is 520 g/mol. The summed E-state index contributed by atoms with van der Waals surface area (Å²) in [7, 11) is -3.82. The lowest BCUT2D eigenvalue weighted by Crippen LogP contribution is -2.54. The Kier molecular flexibility index (Phi) is 8.82. The van der Waals surface area contributed by atoms with Crippen LogP contribution in [0, 0.1) is 5.92 Å². The quantitative estimate of drug-likeness (QED) is 0.348. The first-order valence-corrected chi connectivity index (χ1v) is 16.4. The van der Waals surface area contributed by atoms with E-state index in [-0.39, 0.29) is 17.7 Å². The van der Waals surface area contributed by atoms with E-state index in [1.807, 2.05) is 0 Å². The predicted octanol–water partition coefficient (Wildman–Crippen LogP) is 4.50. The summed E-state index contributed by atoms with van der Waals surface area (Å²) in [6.07, 6.45) is -2.01.